The molecule has 4 rings (SSSR count). The molecule has 0 saturated carbocycles. The number of nitrogens with zero attached hydrogens (tertiary/aromatic N) is 1. The fourth-order valence-corrected chi connectivity index (χ4v) is 4.75. The van der Waals surface area contributed by atoms with E-state index in [-0.39, 0.29) is 30.5 Å². The van der Waals surface area contributed by atoms with Gasteiger partial charge in [0.2, 0.25) is 0 Å². The monoisotopic (exact) mass is 474 g/mol. The topological polar surface area (TPSA) is 54.6 Å². The van der Waals surface area contributed by atoms with Gasteiger partial charge in [0, 0.05) is 46.9 Å². The number of hydrogen-bond donors (Lipinski definition) is 1. The maximum absolute atomic E-state index is 15.5. The van der Waals surface area contributed by atoms with Crippen LogP contribution in [0.15, 0.2) is 36.4 Å². The van der Waals surface area contributed by atoms with E-state index in [9.17, 15) is 9.18 Å². The number of hydrogen-bond acceptors (Lipinski definition) is 4. The number of rotatable bonds is 7. The van der Waals surface area contributed by atoms with Gasteiger partial charge in [0.1, 0.15) is 23.1 Å². The molecule has 0 fully saturated rings. The predicted octanol–water partition coefficient (Wildman–Crippen LogP) is 5.47. The summed E-state index contributed by atoms with van der Waals surface area (Å²) in [6.07, 6.45) is 0.621. The molecule has 0 radical (unpaired) electrons. The Morgan fingerprint density at radius 3 is 2.53 bits per heavy atom. The summed E-state index contributed by atoms with van der Waals surface area (Å²) in [5, 5.41) is 0.990. The van der Waals surface area contributed by atoms with Crippen LogP contribution in [0.1, 0.15) is 50.6 Å². The lowest BCUT2D eigenvalue weighted by Gasteiger charge is -2.43. The van der Waals surface area contributed by atoms with Crippen molar-refractivity contribution in [1.82, 2.24) is 9.88 Å². The van der Waals surface area contributed by atoms with Gasteiger partial charge in [-0.15, -0.1) is 0 Å². The third-order valence-corrected chi connectivity index (χ3v) is 6.06. The van der Waals surface area contributed by atoms with Gasteiger partial charge in [-0.05, 0) is 45.7 Å². The van der Waals surface area contributed by atoms with E-state index in [1.54, 1.807) is 11.8 Å². The predicted molar refractivity (Wildman–Crippen MR) is 124 cm³/mol. The summed E-state index contributed by atoms with van der Waals surface area (Å²) in [7, 11) is 0. The number of carbonyl (C=O) groups excluding carboxylic acids is 1. The third-order valence-electron chi connectivity index (χ3n) is 6.06. The van der Waals surface area contributed by atoms with Gasteiger partial charge in [-0.25, -0.2) is 18.0 Å². The third kappa shape index (κ3) is 4.78. The number of aromatic nitrogens is 1. The van der Waals surface area contributed by atoms with Crippen molar-refractivity contribution in [1.29, 1.82) is 0 Å². The minimum absolute atomic E-state index is 0.00632. The van der Waals surface area contributed by atoms with Crippen molar-refractivity contribution < 1.29 is 27.4 Å². The van der Waals surface area contributed by atoms with Crippen LogP contribution in [0, 0.1) is 11.6 Å². The molecule has 2 atom stereocenters. The van der Waals surface area contributed by atoms with Crippen LogP contribution in [-0.4, -0.2) is 47.3 Å². The quantitative estimate of drug-likeness (QED) is 0.462. The molecule has 1 aliphatic heterocycles. The number of H-pyrrole nitrogens is 1. The average Bonchev–Trinajstić information content (AvgIpc) is 3.11. The maximum Gasteiger partial charge on any atom is 0.344 e. The fraction of sp³-hybridized carbons (Fsp3) is 0.423. The first kappa shape index (κ1) is 24.1. The molecule has 2 heterocycles. The van der Waals surface area contributed by atoms with E-state index in [0.717, 1.165) is 28.6 Å². The van der Waals surface area contributed by atoms with Crippen LogP contribution < -0.4 is 4.74 Å². The summed E-state index contributed by atoms with van der Waals surface area (Å²) in [4.78, 5) is 16.7. The van der Waals surface area contributed by atoms with Crippen LogP contribution in [0.2, 0.25) is 0 Å². The van der Waals surface area contributed by atoms with E-state index >= 15 is 8.78 Å². The Bertz CT molecular complexity index is 1180. The second kappa shape index (κ2) is 9.33. The highest BCUT2D eigenvalue weighted by atomic mass is 19.1. The lowest BCUT2D eigenvalue weighted by atomic mass is 9.87. The second-order valence-corrected chi connectivity index (χ2v) is 9.30. The smallest absolute Gasteiger partial charge is 0.344 e. The average molecular weight is 475 g/mol. The van der Waals surface area contributed by atoms with Crippen molar-refractivity contribution in [2.24, 2.45) is 0 Å². The number of esters is 1. The van der Waals surface area contributed by atoms with Crippen molar-refractivity contribution in [2.45, 2.75) is 51.9 Å². The minimum Gasteiger partial charge on any atom is -0.482 e. The molecule has 0 spiro atoms. The van der Waals surface area contributed by atoms with Crippen molar-refractivity contribution in [3.8, 4) is 5.75 Å². The lowest BCUT2D eigenvalue weighted by molar-refractivity contribution is -0.145. The molecule has 182 valence electrons. The molecule has 0 saturated heterocycles. The molecule has 0 unspecified atom stereocenters. The molecule has 5 nitrogen and oxygen atoms in total. The number of nitrogens with one attached hydrogen (secondary N) is 1. The highest BCUT2D eigenvalue weighted by molar-refractivity contribution is 5.85. The number of fused-ring (bicyclic) bond motifs is 3. The van der Waals surface area contributed by atoms with Gasteiger partial charge in [0.25, 0.3) is 0 Å². The van der Waals surface area contributed by atoms with Gasteiger partial charge in [0.05, 0.1) is 12.6 Å². The molecular weight excluding hydrogens is 445 g/mol. The van der Waals surface area contributed by atoms with Crippen LogP contribution >= 0.6 is 0 Å². The van der Waals surface area contributed by atoms with Crippen LogP contribution in [0.3, 0.4) is 0 Å². The van der Waals surface area contributed by atoms with Crippen LogP contribution in [0.5, 0.6) is 5.75 Å². The van der Waals surface area contributed by atoms with Crippen LogP contribution in [-0.2, 0) is 16.0 Å². The van der Waals surface area contributed by atoms with Crippen LogP contribution in [0.4, 0.5) is 13.2 Å². The Morgan fingerprint density at radius 1 is 1.21 bits per heavy atom. The van der Waals surface area contributed by atoms with E-state index in [0.29, 0.717) is 12.1 Å². The van der Waals surface area contributed by atoms with E-state index < -0.39 is 35.9 Å². The number of ether oxygens (including phenoxy) is 2. The van der Waals surface area contributed by atoms with E-state index in [1.807, 2.05) is 31.2 Å². The summed E-state index contributed by atoms with van der Waals surface area (Å²) in [5.74, 6) is -2.41. The van der Waals surface area contributed by atoms with Crippen molar-refractivity contribution in [3.05, 3.63) is 64.9 Å². The normalized spacial score (nSPS) is 18.7. The van der Waals surface area contributed by atoms with Gasteiger partial charge >= 0.3 is 5.97 Å². The molecule has 8 heteroatoms. The van der Waals surface area contributed by atoms with Crippen molar-refractivity contribution in [2.75, 3.05) is 19.8 Å². The summed E-state index contributed by atoms with van der Waals surface area (Å²) < 4.78 is 55.8. The van der Waals surface area contributed by atoms with Gasteiger partial charge in [-0.3, -0.25) is 4.90 Å². The number of benzene rings is 2. The Hall–Kier alpha value is -3.00. The van der Waals surface area contributed by atoms with Gasteiger partial charge < -0.3 is 14.5 Å². The highest BCUT2D eigenvalue weighted by Crippen LogP contribution is 2.43. The molecule has 2 aromatic carbocycles. The molecule has 0 bridgehead atoms. The van der Waals surface area contributed by atoms with E-state index in [4.69, 9.17) is 9.47 Å². The number of carbonyl (C=O) groups is 1. The zero-order valence-electron chi connectivity index (χ0n) is 19.8. The molecular formula is C26H29F3N2O3. The molecule has 0 aliphatic carbocycles. The summed E-state index contributed by atoms with van der Waals surface area (Å²) >= 11 is 0. The molecule has 3 aromatic rings. The van der Waals surface area contributed by atoms with Gasteiger partial charge in [-0.2, -0.15) is 0 Å². The molecule has 1 aliphatic rings. The Labute approximate surface area is 196 Å². The number of alkyl halides is 1. The van der Waals surface area contributed by atoms with Crippen molar-refractivity contribution in [3.63, 3.8) is 0 Å². The summed E-state index contributed by atoms with van der Waals surface area (Å²) in [6, 6.07) is 8.79. The first-order valence-electron chi connectivity index (χ1n) is 11.4. The van der Waals surface area contributed by atoms with Crippen LogP contribution in [0.25, 0.3) is 10.9 Å². The zero-order chi connectivity index (χ0) is 24.6. The molecule has 34 heavy (non-hydrogen) atoms. The molecule has 1 aromatic heterocycles. The number of halogens is 3. The first-order valence-corrected chi connectivity index (χ1v) is 11.4. The summed E-state index contributed by atoms with van der Waals surface area (Å²) in [6.45, 7) is 6.22. The molecule has 1 N–H and O–H groups in total. The number of para-hydroxylation sites is 1. The lowest BCUT2D eigenvalue weighted by Crippen LogP contribution is -2.48. The largest absolute Gasteiger partial charge is 0.482 e. The SMILES string of the molecule is CCOC(=O)COc1cc(F)c([C@@H]2c3[nH]c4ccccc4c3C[C@@H](C)N2CC(C)(C)F)c(F)c1. The van der Waals surface area contributed by atoms with E-state index in [1.165, 1.54) is 13.8 Å². The van der Waals surface area contributed by atoms with Gasteiger partial charge in [0.15, 0.2) is 6.61 Å². The zero-order valence-corrected chi connectivity index (χ0v) is 19.8. The standard InChI is InChI=1S/C26H29F3N2O3/c1-5-33-22(32)13-34-16-11-19(27)23(20(28)12-16)25-24-18(17-8-6-7-9-21(17)30-24)10-15(2)31(25)14-26(3,4)29/h6-9,11-12,15,25,30H,5,10,13-14H2,1-4H3/t15-,25-/m1/s1. The molecule has 0 amide bonds. The van der Waals surface area contributed by atoms with Gasteiger partial charge in [-0.1, -0.05) is 18.2 Å². The summed E-state index contributed by atoms with van der Waals surface area (Å²) in [5.41, 5.74) is 0.725. The minimum atomic E-state index is -1.58. The van der Waals surface area contributed by atoms with E-state index in [2.05, 4.69) is 4.98 Å². The Kier molecular flexibility index (Phi) is 6.62. The Balaban J connectivity index is 1.80. The Morgan fingerprint density at radius 2 is 1.88 bits per heavy atom. The maximum atomic E-state index is 15.5. The second-order valence-electron chi connectivity index (χ2n) is 9.30. The first-order chi connectivity index (χ1) is 16.1. The van der Waals surface area contributed by atoms with Crippen molar-refractivity contribution >= 4 is 16.9 Å². The fourth-order valence-electron chi connectivity index (χ4n) is 4.75. The number of aromatic amines is 1. The highest BCUT2D eigenvalue weighted by Gasteiger charge is 2.41.